The van der Waals surface area contributed by atoms with E-state index < -0.39 is 0 Å². The molecule has 2 N–H and O–H groups in total. The highest BCUT2D eigenvalue weighted by atomic mass is 16.2. The Morgan fingerprint density at radius 3 is 2.61 bits per heavy atom. The Kier molecular flexibility index (Phi) is 5.86. The summed E-state index contributed by atoms with van der Waals surface area (Å²) in [5.74, 6) is 0.151. The lowest BCUT2D eigenvalue weighted by molar-refractivity contribution is -0.122. The fourth-order valence-electron chi connectivity index (χ4n) is 2.58. The minimum absolute atomic E-state index is 0.0255. The number of hydrogen-bond acceptors (Lipinski definition) is 5. The van der Waals surface area contributed by atoms with Crippen LogP contribution in [-0.4, -0.2) is 59.7 Å². The fourth-order valence-corrected chi connectivity index (χ4v) is 2.58. The average Bonchev–Trinajstić information content (AvgIpc) is 2.56. The van der Waals surface area contributed by atoms with Crippen molar-refractivity contribution in [2.45, 2.75) is 12.8 Å². The molecule has 1 aromatic heterocycles. The van der Waals surface area contributed by atoms with Crippen LogP contribution in [0.5, 0.6) is 0 Å². The number of likely N-dealkylation sites (N-methyl/N-ethyl adjacent to an activating group) is 1. The Balaban J connectivity index is 1.76. The van der Waals surface area contributed by atoms with Crippen LogP contribution in [0.15, 0.2) is 16.9 Å². The maximum absolute atomic E-state index is 12.0. The molecule has 0 saturated carbocycles. The summed E-state index contributed by atoms with van der Waals surface area (Å²) >= 11 is 0. The molecule has 1 aliphatic heterocycles. The molecule has 2 rings (SSSR count). The molecule has 1 saturated heterocycles. The van der Waals surface area contributed by atoms with Crippen molar-refractivity contribution in [1.29, 1.82) is 0 Å². The van der Waals surface area contributed by atoms with E-state index in [1.165, 1.54) is 19.2 Å². The van der Waals surface area contributed by atoms with Crippen LogP contribution in [0.4, 0.5) is 0 Å². The Morgan fingerprint density at radius 1 is 1.30 bits per heavy atom. The monoisotopic (exact) mass is 321 g/mol. The van der Waals surface area contributed by atoms with Gasteiger partial charge in [-0.05, 0) is 37.9 Å². The standard InChI is InChI=1S/C15H23N5O3/c1-16-13(21)10-20-7-5-11(6-8-20)9-17-15(23)12-3-4-14(22)19(2)18-12/h3-4,11H,5-10H2,1-2H3,(H,16,21)(H,17,23). The minimum atomic E-state index is -0.270. The van der Waals surface area contributed by atoms with Gasteiger partial charge in [0.15, 0.2) is 0 Å². The lowest BCUT2D eigenvalue weighted by Gasteiger charge is -2.31. The molecule has 8 nitrogen and oxygen atoms in total. The summed E-state index contributed by atoms with van der Waals surface area (Å²) in [6.07, 6.45) is 1.88. The zero-order chi connectivity index (χ0) is 16.8. The Labute approximate surface area is 134 Å². The zero-order valence-electron chi connectivity index (χ0n) is 13.5. The second-order valence-corrected chi connectivity index (χ2v) is 5.78. The molecule has 1 aromatic rings. The lowest BCUT2D eigenvalue weighted by atomic mass is 9.96. The molecule has 2 amide bonds. The first-order valence-corrected chi connectivity index (χ1v) is 7.75. The van der Waals surface area contributed by atoms with Gasteiger partial charge >= 0.3 is 0 Å². The largest absolute Gasteiger partial charge is 0.358 e. The van der Waals surface area contributed by atoms with Crippen molar-refractivity contribution in [1.82, 2.24) is 25.3 Å². The molecule has 1 aliphatic rings. The molecule has 23 heavy (non-hydrogen) atoms. The SMILES string of the molecule is CNC(=O)CN1CCC(CNC(=O)c2ccc(=O)n(C)n2)CC1. The van der Waals surface area contributed by atoms with E-state index in [-0.39, 0.29) is 23.1 Å². The summed E-state index contributed by atoms with van der Waals surface area (Å²) in [4.78, 5) is 36.8. The van der Waals surface area contributed by atoms with Crippen LogP contribution < -0.4 is 16.2 Å². The first-order chi connectivity index (χ1) is 11.0. The number of amides is 2. The molecular weight excluding hydrogens is 298 g/mol. The Morgan fingerprint density at radius 2 is 2.00 bits per heavy atom. The third-order valence-electron chi connectivity index (χ3n) is 4.10. The van der Waals surface area contributed by atoms with Gasteiger partial charge in [-0.15, -0.1) is 0 Å². The van der Waals surface area contributed by atoms with Gasteiger partial charge in [0, 0.05) is 26.7 Å². The first-order valence-electron chi connectivity index (χ1n) is 7.75. The summed E-state index contributed by atoms with van der Waals surface area (Å²) in [6, 6.07) is 2.77. The number of likely N-dealkylation sites (tertiary alicyclic amines) is 1. The number of rotatable bonds is 5. The van der Waals surface area contributed by atoms with E-state index >= 15 is 0 Å². The van der Waals surface area contributed by atoms with Gasteiger partial charge in [0.1, 0.15) is 5.69 Å². The number of nitrogens with zero attached hydrogens (tertiary/aromatic N) is 3. The second kappa shape index (κ2) is 7.87. The van der Waals surface area contributed by atoms with Crippen LogP contribution in [-0.2, 0) is 11.8 Å². The molecule has 1 fully saturated rings. The van der Waals surface area contributed by atoms with Crippen molar-refractivity contribution in [3.05, 3.63) is 28.2 Å². The molecule has 0 radical (unpaired) electrons. The summed E-state index contributed by atoms with van der Waals surface area (Å²) < 4.78 is 1.15. The topological polar surface area (TPSA) is 96.3 Å². The third kappa shape index (κ3) is 4.88. The summed E-state index contributed by atoms with van der Waals surface area (Å²) in [6.45, 7) is 2.72. The highest BCUT2D eigenvalue weighted by molar-refractivity contribution is 5.91. The number of carbonyl (C=O) groups is 2. The van der Waals surface area contributed by atoms with Crippen molar-refractivity contribution in [3.63, 3.8) is 0 Å². The summed E-state index contributed by atoms with van der Waals surface area (Å²) in [7, 11) is 3.15. The first kappa shape index (κ1) is 17.1. The van der Waals surface area contributed by atoms with Crippen molar-refractivity contribution < 1.29 is 9.59 Å². The minimum Gasteiger partial charge on any atom is -0.358 e. The van der Waals surface area contributed by atoms with Gasteiger partial charge in [-0.1, -0.05) is 0 Å². The van der Waals surface area contributed by atoms with E-state index in [0.717, 1.165) is 30.6 Å². The number of nitrogens with one attached hydrogen (secondary N) is 2. The number of aryl methyl sites for hydroxylation is 1. The molecule has 126 valence electrons. The maximum Gasteiger partial charge on any atom is 0.271 e. The Hall–Kier alpha value is -2.22. The van der Waals surface area contributed by atoms with E-state index in [4.69, 9.17) is 0 Å². The van der Waals surface area contributed by atoms with Crippen LogP contribution in [0.1, 0.15) is 23.3 Å². The van der Waals surface area contributed by atoms with Gasteiger partial charge in [-0.3, -0.25) is 19.3 Å². The van der Waals surface area contributed by atoms with Gasteiger partial charge in [-0.2, -0.15) is 5.10 Å². The highest BCUT2D eigenvalue weighted by Gasteiger charge is 2.21. The van der Waals surface area contributed by atoms with E-state index in [0.29, 0.717) is 19.0 Å². The van der Waals surface area contributed by atoms with Gasteiger partial charge in [0.2, 0.25) is 5.91 Å². The Bertz CT molecular complexity index is 620. The number of hydrogen-bond donors (Lipinski definition) is 2. The molecule has 0 spiro atoms. The highest BCUT2D eigenvalue weighted by Crippen LogP contribution is 2.16. The molecule has 2 heterocycles. The van der Waals surface area contributed by atoms with Crippen LogP contribution in [0.25, 0.3) is 0 Å². The molecular formula is C15H23N5O3. The lowest BCUT2D eigenvalue weighted by Crippen LogP contribution is -2.42. The summed E-state index contributed by atoms with van der Waals surface area (Å²) in [5, 5.41) is 9.42. The number of carbonyl (C=O) groups excluding carboxylic acids is 2. The normalized spacial score (nSPS) is 16.1. The molecule has 0 aromatic carbocycles. The van der Waals surface area contributed by atoms with Gasteiger partial charge < -0.3 is 10.6 Å². The molecule has 0 unspecified atom stereocenters. The van der Waals surface area contributed by atoms with Gasteiger partial charge in [0.25, 0.3) is 11.5 Å². The van der Waals surface area contributed by atoms with E-state index in [1.807, 2.05) is 0 Å². The molecule has 0 bridgehead atoms. The molecule has 8 heteroatoms. The number of aromatic nitrogens is 2. The third-order valence-corrected chi connectivity index (χ3v) is 4.10. The van der Waals surface area contributed by atoms with Crippen LogP contribution in [0.3, 0.4) is 0 Å². The van der Waals surface area contributed by atoms with Crippen molar-refractivity contribution in [2.24, 2.45) is 13.0 Å². The quantitative estimate of drug-likeness (QED) is 0.723. The zero-order valence-corrected chi connectivity index (χ0v) is 13.5. The summed E-state index contributed by atoms with van der Waals surface area (Å²) in [5.41, 5.74) is -0.00538. The van der Waals surface area contributed by atoms with E-state index in [9.17, 15) is 14.4 Å². The van der Waals surface area contributed by atoms with Crippen LogP contribution in [0.2, 0.25) is 0 Å². The predicted molar refractivity (Wildman–Crippen MR) is 85.0 cm³/mol. The smallest absolute Gasteiger partial charge is 0.271 e. The van der Waals surface area contributed by atoms with E-state index in [2.05, 4.69) is 20.6 Å². The van der Waals surface area contributed by atoms with E-state index in [1.54, 1.807) is 7.05 Å². The van der Waals surface area contributed by atoms with Crippen molar-refractivity contribution in [3.8, 4) is 0 Å². The van der Waals surface area contributed by atoms with Gasteiger partial charge in [0.05, 0.1) is 6.54 Å². The van der Waals surface area contributed by atoms with Crippen LogP contribution >= 0.6 is 0 Å². The maximum atomic E-state index is 12.0. The fraction of sp³-hybridized carbons (Fsp3) is 0.600. The number of piperidine rings is 1. The second-order valence-electron chi connectivity index (χ2n) is 5.78. The average molecular weight is 321 g/mol. The predicted octanol–water partition coefficient (Wildman–Crippen LogP) is -1.03. The van der Waals surface area contributed by atoms with Crippen molar-refractivity contribution in [2.75, 3.05) is 33.2 Å². The van der Waals surface area contributed by atoms with Crippen molar-refractivity contribution >= 4 is 11.8 Å². The molecule has 0 atom stereocenters. The molecule has 0 aliphatic carbocycles. The van der Waals surface area contributed by atoms with Gasteiger partial charge in [-0.25, -0.2) is 4.68 Å². The van der Waals surface area contributed by atoms with Crippen LogP contribution in [0, 0.1) is 5.92 Å².